The van der Waals surface area contributed by atoms with E-state index in [0.29, 0.717) is 6.61 Å². The van der Waals surface area contributed by atoms with Crippen LogP contribution in [0.5, 0.6) is 0 Å². The van der Waals surface area contributed by atoms with Crippen LogP contribution in [-0.2, 0) is 35.1 Å². The molecule has 27 heavy (non-hydrogen) atoms. The second-order valence-corrected chi connectivity index (χ2v) is 6.28. The highest BCUT2D eigenvalue weighted by atomic mass is 16.7. The largest absolute Gasteiger partial charge is 0.456 e. The summed E-state index contributed by atoms with van der Waals surface area (Å²) in [6.45, 7) is 4.70. The zero-order valence-corrected chi connectivity index (χ0v) is 15.5. The van der Waals surface area contributed by atoms with E-state index in [4.69, 9.17) is 24.5 Å². The maximum atomic E-state index is 11.4. The van der Waals surface area contributed by atoms with Gasteiger partial charge in [0.1, 0.15) is 0 Å². The summed E-state index contributed by atoms with van der Waals surface area (Å²) >= 11 is 0. The van der Waals surface area contributed by atoms with E-state index in [1.807, 2.05) is 30.3 Å². The molecule has 1 heterocycles. The Balaban J connectivity index is 2.12. The molecule has 1 aliphatic heterocycles. The van der Waals surface area contributed by atoms with Gasteiger partial charge in [-0.05, 0) is 11.1 Å². The van der Waals surface area contributed by atoms with Gasteiger partial charge in [-0.25, -0.2) is 0 Å². The molecule has 9 nitrogen and oxygen atoms in total. The first-order valence-corrected chi connectivity index (χ1v) is 8.58. The third-order valence-corrected chi connectivity index (χ3v) is 4.18. The predicted octanol–water partition coefficient (Wildman–Crippen LogP) is 2.74. The van der Waals surface area contributed by atoms with Crippen LogP contribution in [0.1, 0.15) is 26.3 Å². The highest BCUT2D eigenvalue weighted by Gasteiger charge is 2.47. The number of carbonyl (C=O) groups is 2. The fourth-order valence-corrected chi connectivity index (χ4v) is 2.97. The number of hydrogen-bond acceptors (Lipinski definition) is 7. The van der Waals surface area contributed by atoms with Gasteiger partial charge in [-0.1, -0.05) is 42.4 Å². The minimum Gasteiger partial charge on any atom is -0.456 e. The molecule has 146 valence electrons. The van der Waals surface area contributed by atoms with Crippen LogP contribution in [0, 0.1) is 5.92 Å². The molecule has 0 spiro atoms. The Hall–Kier alpha value is -2.61. The van der Waals surface area contributed by atoms with Crippen molar-refractivity contribution in [3.63, 3.8) is 0 Å². The summed E-state index contributed by atoms with van der Waals surface area (Å²) in [5.41, 5.74) is 9.89. The highest BCUT2D eigenvalue weighted by molar-refractivity contribution is 5.67. The van der Waals surface area contributed by atoms with Crippen molar-refractivity contribution in [2.24, 2.45) is 11.0 Å². The normalized spacial score (nSPS) is 27.3. The van der Waals surface area contributed by atoms with Crippen molar-refractivity contribution < 1.29 is 28.5 Å². The molecule has 0 aliphatic carbocycles. The van der Waals surface area contributed by atoms with Gasteiger partial charge in [-0.15, -0.1) is 0 Å². The van der Waals surface area contributed by atoms with Gasteiger partial charge < -0.3 is 18.9 Å². The summed E-state index contributed by atoms with van der Waals surface area (Å²) in [4.78, 5) is 25.7. The summed E-state index contributed by atoms with van der Waals surface area (Å²) in [6.07, 6.45) is -2.64. The van der Waals surface area contributed by atoms with Crippen molar-refractivity contribution in [2.75, 3.05) is 6.61 Å². The Morgan fingerprint density at radius 3 is 2.44 bits per heavy atom. The summed E-state index contributed by atoms with van der Waals surface area (Å²) < 4.78 is 21.9. The lowest BCUT2D eigenvalue weighted by molar-refractivity contribution is -0.263. The Morgan fingerprint density at radius 1 is 1.19 bits per heavy atom. The first-order valence-electron chi connectivity index (χ1n) is 8.58. The van der Waals surface area contributed by atoms with Gasteiger partial charge in [0, 0.05) is 24.7 Å². The molecule has 0 N–H and O–H groups in total. The van der Waals surface area contributed by atoms with Gasteiger partial charge in [-0.2, -0.15) is 0 Å². The monoisotopic (exact) mass is 377 g/mol. The van der Waals surface area contributed by atoms with E-state index in [9.17, 15) is 9.59 Å². The zero-order valence-electron chi connectivity index (χ0n) is 15.5. The van der Waals surface area contributed by atoms with Crippen LogP contribution in [0.4, 0.5) is 0 Å². The van der Waals surface area contributed by atoms with Crippen LogP contribution in [0.15, 0.2) is 35.4 Å². The lowest BCUT2D eigenvalue weighted by Crippen LogP contribution is -2.56. The molecule has 1 fully saturated rings. The number of esters is 2. The highest BCUT2D eigenvalue weighted by Crippen LogP contribution is 2.32. The molecule has 1 saturated heterocycles. The maximum Gasteiger partial charge on any atom is 0.305 e. The van der Waals surface area contributed by atoms with E-state index >= 15 is 0 Å². The van der Waals surface area contributed by atoms with E-state index in [0.717, 1.165) is 5.56 Å². The van der Waals surface area contributed by atoms with Crippen LogP contribution >= 0.6 is 0 Å². The number of nitrogens with zero attached hydrogens (tertiary/aromatic N) is 3. The van der Waals surface area contributed by atoms with Crippen LogP contribution in [0.3, 0.4) is 0 Å². The van der Waals surface area contributed by atoms with Crippen LogP contribution < -0.4 is 0 Å². The van der Waals surface area contributed by atoms with Crippen molar-refractivity contribution >= 4 is 11.9 Å². The van der Waals surface area contributed by atoms with Gasteiger partial charge in [0.25, 0.3) is 0 Å². The summed E-state index contributed by atoms with van der Waals surface area (Å²) in [5.74, 6) is -1.56. The van der Waals surface area contributed by atoms with E-state index in [-0.39, 0.29) is 6.61 Å². The minimum absolute atomic E-state index is 0.119. The molecule has 2 unspecified atom stereocenters. The molecule has 0 bridgehead atoms. The molecule has 1 aromatic rings. The van der Waals surface area contributed by atoms with Gasteiger partial charge in [0.05, 0.1) is 25.4 Å². The summed E-state index contributed by atoms with van der Waals surface area (Å²) in [7, 11) is 0. The maximum absolute atomic E-state index is 11.4. The minimum atomic E-state index is -1.10. The number of benzene rings is 1. The van der Waals surface area contributed by atoms with Gasteiger partial charge in [0.2, 0.25) is 6.29 Å². The van der Waals surface area contributed by atoms with Crippen molar-refractivity contribution in [1.29, 1.82) is 0 Å². The molecule has 0 radical (unpaired) electrons. The molecule has 0 amide bonds. The third-order valence-electron chi connectivity index (χ3n) is 4.18. The van der Waals surface area contributed by atoms with Crippen molar-refractivity contribution in [3.8, 4) is 0 Å². The van der Waals surface area contributed by atoms with E-state index in [2.05, 4.69) is 10.0 Å². The van der Waals surface area contributed by atoms with E-state index in [1.165, 1.54) is 13.8 Å². The molecular formula is C18H23N3O6. The van der Waals surface area contributed by atoms with Crippen LogP contribution in [-0.4, -0.2) is 43.1 Å². The van der Waals surface area contributed by atoms with Crippen LogP contribution in [0.25, 0.3) is 10.4 Å². The number of azide groups is 1. The summed E-state index contributed by atoms with van der Waals surface area (Å²) in [5, 5.41) is 3.79. The first kappa shape index (κ1) is 20.7. The van der Waals surface area contributed by atoms with Crippen LogP contribution in [0.2, 0.25) is 0 Å². The molecule has 1 aliphatic rings. The molecular weight excluding hydrogens is 354 g/mol. The summed E-state index contributed by atoms with van der Waals surface area (Å²) in [6, 6.07) is 8.91. The van der Waals surface area contributed by atoms with Gasteiger partial charge in [0.15, 0.2) is 6.10 Å². The van der Waals surface area contributed by atoms with Crippen molar-refractivity contribution in [2.45, 2.75) is 51.9 Å². The topological polar surface area (TPSA) is 120 Å². The lowest BCUT2D eigenvalue weighted by Gasteiger charge is -2.42. The predicted molar refractivity (Wildman–Crippen MR) is 94.2 cm³/mol. The number of carbonyl (C=O) groups excluding carboxylic acids is 2. The Bertz CT molecular complexity index is 690. The first-order chi connectivity index (χ1) is 12.9. The number of hydrogen-bond donors (Lipinski definition) is 0. The van der Waals surface area contributed by atoms with E-state index in [1.54, 1.807) is 6.92 Å². The second kappa shape index (κ2) is 9.91. The fourth-order valence-electron chi connectivity index (χ4n) is 2.97. The second-order valence-electron chi connectivity index (χ2n) is 6.28. The fraction of sp³-hybridized carbons (Fsp3) is 0.556. The van der Waals surface area contributed by atoms with Crippen molar-refractivity contribution in [3.05, 3.63) is 46.3 Å². The molecule has 0 saturated carbocycles. The molecule has 1 aromatic carbocycles. The molecule has 9 heteroatoms. The Labute approximate surface area is 157 Å². The molecule has 2 rings (SSSR count). The van der Waals surface area contributed by atoms with E-state index < -0.39 is 42.4 Å². The molecule has 5 atom stereocenters. The van der Waals surface area contributed by atoms with Gasteiger partial charge in [-0.3, -0.25) is 9.59 Å². The Morgan fingerprint density at radius 2 is 1.85 bits per heavy atom. The van der Waals surface area contributed by atoms with Crippen molar-refractivity contribution in [1.82, 2.24) is 0 Å². The quantitative estimate of drug-likeness (QED) is 0.312. The zero-order chi connectivity index (χ0) is 19.8. The lowest BCUT2D eigenvalue weighted by atomic mass is 9.89. The smallest absolute Gasteiger partial charge is 0.305 e. The third kappa shape index (κ3) is 5.96. The average molecular weight is 377 g/mol. The van der Waals surface area contributed by atoms with Gasteiger partial charge >= 0.3 is 11.9 Å². The Kier molecular flexibility index (Phi) is 7.60. The average Bonchev–Trinajstić information content (AvgIpc) is 2.61. The molecule has 0 aromatic heterocycles. The number of rotatable bonds is 7. The SMILES string of the molecule is CC(=O)OC1[C@H](OC(C)=O)OC(COCc2ccccc2)[C@H](N=[N+]=[N-])[C@@H]1C. The number of ether oxygens (including phenoxy) is 4. The standard InChI is InChI=1S/C18H23N3O6/c1-11-16(20-21-19)15(10-24-9-14-7-5-4-6-8-14)27-18(26-13(3)23)17(11)25-12(2)22/h4-8,11,15-18H,9-10H2,1-3H3/t11-,15?,16+,17?,18+/m0/s1.